The van der Waals surface area contributed by atoms with Gasteiger partial charge in [-0.15, -0.1) is 0 Å². The molecule has 0 aliphatic heterocycles. The molecule has 0 aliphatic carbocycles. The Balaban J connectivity index is 5.15. The normalized spacial score (nSPS) is 16.5. The van der Waals surface area contributed by atoms with Crippen molar-refractivity contribution in [2.45, 2.75) is 31.5 Å². The van der Waals surface area contributed by atoms with Gasteiger partial charge in [0.15, 0.2) is 11.9 Å². The minimum atomic E-state index is -3.28. The Bertz CT molecular complexity index is 285. The van der Waals surface area contributed by atoms with Crippen molar-refractivity contribution in [1.29, 1.82) is 0 Å². The number of aliphatic carboxylic acids is 2. The quantitative estimate of drug-likeness (QED) is 0.405. The monoisotopic (exact) mass is 220 g/mol. The molecular weight excluding hydrogens is 208 g/mol. The third kappa shape index (κ3) is 2.51. The van der Waals surface area contributed by atoms with E-state index < -0.39 is 29.4 Å². The van der Waals surface area contributed by atoms with Crippen LogP contribution in [0.4, 0.5) is 0 Å². The molecule has 0 saturated carbocycles. The van der Waals surface area contributed by atoms with E-state index in [2.05, 4.69) is 0 Å². The van der Waals surface area contributed by atoms with Gasteiger partial charge in [0.2, 0.25) is 0 Å². The summed E-state index contributed by atoms with van der Waals surface area (Å²) < 4.78 is 0. The fourth-order valence-corrected chi connectivity index (χ4v) is 0.985. The van der Waals surface area contributed by atoms with E-state index in [-0.39, 0.29) is 12.8 Å². The molecule has 0 aromatic heterocycles. The smallest absolute Gasteiger partial charge is 0.347 e. The van der Waals surface area contributed by atoms with Crippen molar-refractivity contribution in [1.82, 2.24) is 0 Å². The molecular formula is C8H12O7. The number of hydrogen-bond donors (Lipinski definition) is 4. The Hall–Kier alpha value is -1.47. The number of Topliss-reactive ketones (excluding diaryl/α,β-unsaturated/α-hetero) is 1. The van der Waals surface area contributed by atoms with E-state index in [1.807, 2.05) is 0 Å². The van der Waals surface area contributed by atoms with Crippen LogP contribution in [0.2, 0.25) is 0 Å². The lowest BCUT2D eigenvalue weighted by atomic mass is 9.89. The van der Waals surface area contributed by atoms with Gasteiger partial charge in [-0.2, -0.15) is 0 Å². The van der Waals surface area contributed by atoms with Gasteiger partial charge < -0.3 is 20.4 Å². The molecule has 0 amide bonds. The van der Waals surface area contributed by atoms with Crippen LogP contribution < -0.4 is 0 Å². The van der Waals surface area contributed by atoms with Crippen molar-refractivity contribution in [2.24, 2.45) is 0 Å². The summed E-state index contributed by atoms with van der Waals surface area (Å²) in [6.07, 6.45) is -2.76. The summed E-state index contributed by atoms with van der Waals surface area (Å²) in [6, 6.07) is 0. The number of carboxylic acids is 2. The number of aliphatic hydroxyl groups excluding tert-OH is 1. The largest absolute Gasteiger partial charge is 0.479 e. The van der Waals surface area contributed by atoms with E-state index in [4.69, 9.17) is 15.3 Å². The molecule has 0 spiro atoms. The molecule has 0 aromatic carbocycles. The second-order valence-corrected chi connectivity index (χ2v) is 2.99. The first kappa shape index (κ1) is 13.5. The predicted molar refractivity (Wildman–Crippen MR) is 46.1 cm³/mol. The highest BCUT2D eigenvalue weighted by Gasteiger charge is 2.53. The van der Waals surface area contributed by atoms with Crippen molar-refractivity contribution in [3.05, 3.63) is 0 Å². The van der Waals surface area contributed by atoms with Crippen LogP contribution in [-0.2, 0) is 14.4 Å². The van der Waals surface area contributed by atoms with Gasteiger partial charge in [0.05, 0.1) is 0 Å². The first-order chi connectivity index (χ1) is 6.78. The molecule has 0 rings (SSSR count). The van der Waals surface area contributed by atoms with Gasteiger partial charge >= 0.3 is 11.9 Å². The lowest BCUT2D eigenvalue weighted by Gasteiger charge is -2.24. The molecule has 0 saturated heterocycles. The number of rotatable bonds is 6. The first-order valence-electron chi connectivity index (χ1n) is 4.18. The molecule has 0 bridgehead atoms. The number of carboxylic acid groups (broad SMARTS) is 2. The minimum absolute atomic E-state index is 0.237. The number of carbonyl (C=O) groups excluding carboxylic acids is 1. The Morgan fingerprint density at radius 3 is 2.00 bits per heavy atom. The fourth-order valence-electron chi connectivity index (χ4n) is 0.985. The predicted octanol–water partition coefficient (Wildman–Crippen LogP) is -1.38. The van der Waals surface area contributed by atoms with Gasteiger partial charge in [0, 0.05) is 6.42 Å². The van der Waals surface area contributed by atoms with Crippen molar-refractivity contribution in [3.8, 4) is 0 Å². The lowest BCUT2D eigenvalue weighted by molar-refractivity contribution is -0.186. The van der Waals surface area contributed by atoms with E-state index in [0.717, 1.165) is 0 Å². The van der Waals surface area contributed by atoms with Crippen LogP contribution in [0.15, 0.2) is 0 Å². The van der Waals surface area contributed by atoms with Gasteiger partial charge in [0.1, 0.15) is 0 Å². The minimum Gasteiger partial charge on any atom is -0.479 e. The lowest BCUT2D eigenvalue weighted by Crippen LogP contribution is -2.58. The highest BCUT2D eigenvalue weighted by molar-refractivity contribution is 6.10. The first-order valence-corrected chi connectivity index (χ1v) is 4.18. The molecule has 0 fully saturated rings. The molecule has 7 heteroatoms. The van der Waals surface area contributed by atoms with E-state index in [1.165, 1.54) is 0 Å². The summed E-state index contributed by atoms with van der Waals surface area (Å²) >= 11 is 0. The molecule has 0 radical (unpaired) electrons. The summed E-state index contributed by atoms with van der Waals surface area (Å²) in [5.74, 6) is -5.27. The molecule has 0 aliphatic rings. The standard InChI is InChI=1S/C8H12O7/c1-2-3-4(9)8(15,7(13)14)5(10)6(11)12/h5,10,15H,2-3H2,1H3,(H,11,12)(H,13,14). The van der Waals surface area contributed by atoms with Crippen LogP contribution in [0.25, 0.3) is 0 Å². The van der Waals surface area contributed by atoms with Gasteiger partial charge in [0.25, 0.3) is 5.60 Å². The number of carbonyl (C=O) groups is 3. The SMILES string of the molecule is CCCC(=O)C(O)(C(=O)O)C(O)C(=O)O. The third-order valence-electron chi connectivity index (χ3n) is 1.86. The average molecular weight is 220 g/mol. The summed E-state index contributed by atoms with van der Waals surface area (Å²) in [5, 5.41) is 35.2. The molecule has 2 unspecified atom stereocenters. The Labute approximate surface area is 85.0 Å². The summed E-state index contributed by atoms with van der Waals surface area (Å²) in [7, 11) is 0. The van der Waals surface area contributed by atoms with Crippen LogP contribution >= 0.6 is 0 Å². The van der Waals surface area contributed by atoms with Gasteiger partial charge in [-0.25, -0.2) is 9.59 Å². The van der Waals surface area contributed by atoms with Crippen molar-refractivity contribution < 1.29 is 34.8 Å². The fraction of sp³-hybridized carbons (Fsp3) is 0.625. The highest BCUT2D eigenvalue weighted by Crippen LogP contribution is 2.16. The number of aliphatic hydroxyl groups is 2. The summed E-state index contributed by atoms with van der Waals surface area (Å²) in [5.41, 5.74) is -3.28. The molecule has 86 valence electrons. The van der Waals surface area contributed by atoms with E-state index >= 15 is 0 Å². The zero-order chi connectivity index (χ0) is 12.2. The molecule has 2 atom stereocenters. The zero-order valence-corrected chi connectivity index (χ0v) is 8.01. The molecule has 7 nitrogen and oxygen atoms in total. The van der Waals surface area contributed by atoms with Crippen LogP contribution in [0.1, 0.15) is 19.8 Å². The maximum absolute atomic E-state index is 11.2. The van der Waals surface area contributed by atoms with Crippen LogP contribution in [-0.4, -0.2) is 49.9 Å². The van der Waals surface area contributed by atoms with Crippen LogP contribution in [0, 0.1) is 0 Å². The zero-order valence-electron chi connectivity index (χ0n) is 8.01. The number of hydrogen-bond acceptors (Lipinski definition) is 5. The van der Waals surface area contributed by atoms with Gasteiger partial charge in [-0.05, 0) is 6.42 Å². The Kier molecular flexibility index (Phi) is 4.38. The average Bonchev–Trinajstić information content (AvgIpc) is 2.15. The van der Waals surface area contributed by atoms with Gasteiger partial charge in [-0.1, -0.05) is 6.92 Å². The Morgan fingerprint density at radius 2 is 1.73 bits per heavy atom. The molecule has 0 heterocycles. The van der Waals surface area contributed by atoms with Crippen LogP contribution in [0.5, 0.6) is 0 Å². The summed E-state index contributed by atoms with van der Waals surface area (Å²) in [6.45, 7) is 1.55. The maximum Gasteiger partial charge on any atom is 0.347 e. The Morgan fingerprint density at radius 1 is 1.27 bits per heavy atom. The van der Waals surface area contributed by atoms with Crippen molar-refractivity contribution in [2.75, 3.05) is 0 Å². The second-order valence-electron chi connectivity index (χ2n) is 2.99. The van der Waals surface area contributed by atoms with Crippen LogP contribution in [0.3, 0.4) is 0 Å². The highest BCUT2D eigenvalue weighted by atomic mass is 16.4. The number of ketones is 1. The van der Waals surface area contributed by atoms with E-state index in [9.17, 15) is 19.5 Å². The molecule has 4 N–H and O–H groups in total. The molecule has 15 heavy (non-hydrogen) atoms. The van der Waals surface area contributed by atoms with Gasteiger partial charge in [-0.3, -0.25) is 4.79 Å². The van der Waals surface area contributed by atoms with Crippen molar-refractivity contribution in [3.63, 3.8) is 0 Å². The van der Waals surface area contributed by atoms with E-state index in [1.54, 1.807) is 6.92 Å². The van der Waals surface area contributed by atoms with E-state index in [0.29, 0.717) is 0 Å². The third-order valence-corrected chi connectivity index (χ3v) is 1.86. The van der Waals surface area contributed by atoms with Crippen molar-refractivity contribution >= 4 is 17.7 Å². The second kappa shape index (κ2) is 4.85. The topological polar surface area (TPSA) is 132 Å². The summed E-state index contributed by atoms with van der Waals surface area (Å²) in [4.78, 5) is 32.1. The maximum atomic E-state index is 11.2. The molecule has 0 aromatic rings.